The number of nitrogens with zero attached hydrogens (tertiary/aromatic N) is 2. The number of carbonyl (C=O) groups excluding carboxylic acids is 1. The fourth-order valence-electron chi connectivity index (χ4n) is 4.25. The van der Waals surface area contributed by atoms with Crippen LogP contribution >= 0.6 is 0 Å². The van der Waals surface area contributed by atoms with Crippen LogP contribution < -0.4 is 0 Å². The first kappa shape index (κ1) is 20.6. The van der Waals surface area contributed by atoms with Crippen molar-refractivity contribution in [3.8, 4) is 0 Å². The molecular formula is C24H32N2O2. The molecule has 1 fully saturated rings. The van der Waals surface area contributed by atoms with Crippen molar-refractivity contribution in [2.45, 2.75) is 32.4 Å². The third kappa shape index (κ3) is 5.21. The third-order valence-electron chi connectivity index (χ3n) is 5.64. The highest BCUT2D eigenvalue weighted by Gasteiger charge is 2.36. The van der Waals surface area contributed by atoms with Crippen LogP contribution in [0.5, 0.6) is 0 Å². The van der Waals surface area contributed by atoms with Crippen LogP contribution in [0.15, 0.2) is 60.7 Å². The monoisotopic (exact) mass is 380 g/mol. The predicted octanol–water partition coefficient (Wildman–Crippen LogP) is 3.79. The second kappa shape index (κ2) is 9.85. The van der Waals surface area contributed by atoms with Gasteiger partial charge in [0.15, 0.2) is 0 Å². The van der Waals surface area contributed by atoms with Gasteiger partial charge in [-0.1, -0.05) is 60.7 Å². The first-order valence-corrected chi connectivity index (χ1v) is 10.2. The minimum Gasteiger partial charge on any atom is -0.375 e. The molecule has 1 aliphatic rings. The molecule has 4 heteroatoms. The van der Waals surface area contributed by atoms with E-state index in [0.29, 0.717) is 11.8 Å². The van der Waals surface area contributed by atoms with Crippen molar-refractivity contribution in [2.24, 2.45) is 5.92 Å². The van der Waals surface area contributed by atoms with Crippen LogP contribution in [0, 0.1) is 5.92 Å². The molecule has 150 valence electrons. The van der Waals surface area contributed by atoms with Crippen LogP contribution in [0.3, 0.4) is 0 Å². The fourth-order valence-corrected chi connectivity index (χ4v) is 4.25. The lowest BCUT2D eigenvalue weighted by atomic mass is 9.88. The van der Waals surface area contributed by atoms with Gasteiger partial charge in [-0.05, 0) is 30.9 Å². The van der Waals surface area contributed by atoms with Gasteiger partial charge in [0.05, 0.1) is 0 Å². The second-order valence-electron chi connectivity index (χ2n) is 8.03. The number of hydrogen-bond donors (Lipinski definition) is 0. The molecule has 0 saturated carbocycles. The van der Waals surface area contributed by atoms with Crippen molar-refractivity contribution in [3.63, 3.8) is 0 Å². The number of rotatable bonds is 8. The zero-order chi connectivity index (χ0) is 19.9. The Morgan fingerprint density at radius 3 is 2.32 bits per heavy atom. The molecule has 2 aromatic carbocycles. The molecule has 0 aliphatic carbocycles. The number of likely N-dealkylation sites (tertiary alicyclic amines) is 1. The van der Waals surface area contributed by atoms with Crippen LogP contribution in [0.1, 0.15) is 30.9 Å². The van der Waals surface area contributed by atoms with Gasteiger partial charge in [-0.15, -0.1) is 0 Å². The maximum atomic E-state index is 12.6. The Bertz CT molecular complexity index is 733. The lowest BCUT2D eigenvalue weighted by Crippen LogP contribution is -2.43. The van der Waals surface area contributed by atoms with E-state index in [2.05, 4.69) is 79.4 Å². The standard InChI is InChI=1S/C24H32N2O2/c1-19(2)26(24(27)18-28-3)16-22-15-25(14-20-10-6-4-7-11-20)17-23(22)21-12-8-5-9-13-21/h4-13,19,22-23H,14-18H2,1-3H3. The van der Waals surface area contributed by atoms with Crippen molar-refractivity contribution in [1.29, 1.82) is 0 Å². The van der Waals surface area contributed by atoms with Gasteiger partial charge >= 0.3 is 0 Å². The molecule has 1 heterocycles. The number of carbonyl (C=O) groups is 1. The highest BCUT2D eigenvalue weighted by molar-refractivity contribution is 5.77. The fraction of sp³-hybridized carbons (Fsp3) is 0.458. The molecule has 2 unspecified atom stereocenters. The first-order valence-electron chi connectivity index (χ1n) is 10.2. The zero-order valence-corrected chi connectivity index (χ0v) is 17.3. The van der Waals surface area contributed by atoms with Crippen molar-refractivity contribution in [1.82, 2.24) is 9.80 Å². The topological polar surface area (TPSA) is 32.8 Å². The molecule has 0 spiro atoms. The van der Waals surface area contributed by atoms with E-state index < -0.39 is 0 Å². The van der Waals surface area contributed by atoms with Gasteiger partial charge < -0.3 is 9.64 Å². The van der Waals surface area contributed by atoms with Gasteiger partial charge in [0, 0.05) is 45.2 Å². The molecule has 0 bridgehead atoms. The molecule has 2 aromatic rings. The van der Waals surface area contributed by atoms with E-state index >= 15 is 0 Å². The molecule has 0 N–H and O–H groups in total. The Morgan fingerprint density at radius 1 is 1.07 bits per heavy atom. The van der Waals surface area contributed by atoms with Crippen molar-refractivity contribution in [3.05, 3.63) is 71.8 Å². The third-order valence-corrected chi connectivity index (χ3v) is 5.64. The highest BCUT2D eigenvalue weighted by Crippen LogP contribution is 2.34. The number of amides is 1. The molecule has 4 nitrogen and oxygen atoms in total. The summed E-state index contributed by atoms with van der Waals surface area (Å²) in [5.41, 5.74) is 2.71. The molecule has 0 aromatic heterocycles. The summed E-state index contributed by atoms with van der Waals surface area (Å²) < 4.78 is 5.11. The minimum absolute atomic E-state index is 0.0748. The van der Waals surface area contributed by atoms with Gasteiger partial charge in [0.1, 0.15) is 6.61 Å². The Hall–Kier alpha value is -2.17. The minimum atomic E-state index is 0.0748. The molecule has 1 saturated heterocycles. The largest absolute Gasteiger partial charge is 0.375 e. The SMILES string of the molecule is COCC(=O)N(CC1CN(Cc2ccccc2)CC1c1ccccc1)C(C)C. The Balaban J connectivity index is 1.77. The van der Waals surface area contributed by atoms with E-state index in [4.69, 9.17) is 4.74 Å². The van der Waals surface area contributed by atoms with Crippen molar-refractivity contribution in [2.75, 3.05) is 33.4 Å². The lowest BCUT2D eigenvalue weighted by Gasteiger charge is -2.31. The first-order chi connectivity index (χ1) is 13.6. The van der Waals surface area contributed by atoms with Crippen LogP contribution in [0.2, 0.25) is 0 Å². The summed E-state index contributed by atoms with van der Waals surface area (Å²) in [5, 5.41) is 0. The number of hydrogen-bond acceptors (Lipinski definition) is 3. The zero-order valence-electron chi connectivity index (χ0n) is 17.3. The Morgan fingerprint density at radius 2 is 1.71 bits per heavy atom. The van der Waals surface area contributed by atoms with E-state index in [9.17, 15) is 4.79 Å². The van der Waals surface area contributed by atoms with E-state index in [1.807, 2.05) is 4.90 Å². The smallest absolute Gasteiger partial charge is 0.248 e. The summed E-state index contributed by atoms with van der Waals surface area (Å²) in [6, 6.07) is 21.5. The molecule has 1 amide bonds. The lowest BCUT2D eigenvalue weighted by molar-refractivity contribution is -0.137. The average Bonchev–Trinajstić information content (AvgIpc) is 3.10. The maximum absolute atomic E-state index is 12.6. The predicted molar refractivity (Wildman–Crippen MR) is 113 cm³/mol. The molecule has 2 atom stereocenters. The van der Waals surface area contributed by atoms with Gasteiger partial charge in [-0.3, -0.25) is 9.69 Å². The highest BCUT2D eigenvalue weighted by atomic mass is 16.5. The normalized spacial score (nSPS) is 19.9. The van der Waals surface area contributed by atoms with E-state index in [-0.39, 0.29) is 18.6 Å². The summed E-state index contributed by atoms with van der Waals surface area (Å²) in [6.07, 6.45) is 0. The van der Waals surface area contributed by atoms with Crippen LogP contribution in [-0.2, 0) is 16.1 Å². The Labute approximate surface area is 169 Å². The van der Waals surface area contributed by atoms with Gasteiger partial charge in [0.2, 0.25) is 5.91 Å². The van der Waals surface area contributed by atoms with E-state index in [1.165, 1.54) is 11.1 Å². The summed E-state index contributed by atoms with van der Waals surface area (Å²) in [5.74, 6) is 0.918. The van der Waals surface area contributed by atoms with Crippen LogP contribution in [-0.4, -0.2) is 55.1 Å². The van der Waals surface area contributed by atoms with E-state index in [1.54, 1.807) is 7.11 Å². The van der Waals surface area contributed by atoms with Gasteiger partial charge in [-0.25, -0.2) is 0 Å². The molecule has 3 rings (SSSR count). The summed E-state index contributed by atoms with van der Waals surface area (Å²) in [6.45, 7) is 8.06. The quantitative estimate of drug-likeness (QED) is 0.699. The van der Waals surface area contributed by atoms with Crippen LogP contribution in [0.25, 0.3) is 0 Å². The number of methoxy groups -OCH3 is 1. The molecule has 28 heavy (non-hydrogen) atoms. The van der Waals surface area contributed by atoms with Crippen molar-refractivity contribution >= 4 is 5.91 Å². The molecule has 0 radical (unpaired) electrons. The summed E-state index contributed by atoms with van der Waals surface area (Å²) in [4.78, 5) is 17.1. The Kier molecular flexibility index (Phi) is 7.24. The summed E-state index contributed by atoms with van der Waals surface area (Å²) in [7, 11) is 1.58. The summed E-state index contributed by atoms with van der Waals surface area (Å²) >= 11 is 0. The molecular weight excluding hydrogens is 348 g/mol. The van der Waals surface area contributed by atoms with Gasteiger partial charge in [0.25, 0.3) is 0 Å². The number of benzene rings is 2. The second-order valence-corrected chi connectivity index (χ2v) is 8.03. The van der Waals surface area contributed by atoms with E-state index in [0.717, 1.165) is 26.2 Å². The van der Waals surface area contributed by atoms with Crippen molar-refractivity contribution < 1.29 is 9.53 Å². The maximum Gasteiger partial charge on any atom is 0.248 e. The van der Waals surface area contributed by atoms with Gasteiger partial charge in [-0.2, -0.15) is 0 Å². The molecule has 1 aliphatic heterocycles. The average molecular weight is 381 g/mol. The number of ether oxygens (including phenoxy) is 1. The van der Waals surface area contributed by atoms with Crippen LogP contribution in [0.4, 0.5) is 0 Å².